The molecule has 4 heterocycles. The Balaban J connectivity index is 1.58. The molecule has 4 fully saturated rings. The third-order valence-electron chi connectivity index (χ3n) is 9.01. The van der Waals surface area contributed by atoms with Crippen LogP contribution in [-0.4, -0.2) is 222 Å². The summed E-state index contributed by atoms with van der Waals surface area (Å²) in [7, 11) is 0. The van der Waals surface area contributed by atoms with E-state index in [1.54, 1.807) is 0 Å². The average Bonchev–Trinajstić information content (AvgIpc) is 3.09. The molecule has 4 aliphatic heterocycles. The maximum Gasteiger partial charge on any atom is 0.217 e. The molecule has 0 aromatic rings. The quantitative estimate of drug-likeness (QED) is 0.0881. The maximum absolute atomic E-state index is 12.3. The summed E-state index contributed by atoms with van der Waals surface area (Å²) in [4.78, 5) is 24.1. The summed E-state index contributed by atoms with van der Waals surface area (Å²) in [6.07, 6.45) is -31.5. The summed E-state index contributed by atoms with van der Waals surface area (Å²) >= 11 is 0. The summed E-state index contributed by atoms with van der Waals surface area (Å²) < 4.78 is 39.2. The number of aliphatic hydroxyl groups is 12. The fourth-order valence-corrected chi connectivity index (χ4v) is 6.35. The second kappa shape index (κ2) is 18.0. The molecule has 23 nitrogen and oxygen atoms in total. The van der Waals surface area contributed by atoms with Crippen LogP contribution in [0, 0.1) is 0 Å². The molecule has 0 radical (unpaired) electrons. The van der Waals surface area contributed by atoms with Gasteiger partial charge >= 0.3 is 0 Å². The Hall–Kier alpha value is -1.82. The van der Waals surface area contributed by atoms with Gasteiger partial charge in [0.1, 0.15) is 97.5 Å². The Labute approximate surface area is 289 Å². The molecule has 20 atom stereocenters. The van der Waals surface area contributed by atoms with Crippen LogP contribution >= 0.6 is 0 Å². The molecular formula is C28H48N2O21. The van der Waals surface area contributed by atoms with Crippen LogP contribution in [0.4, 0.5) is 0 Å². The number of hydrogen-bond acceptors (Lipinski definition) is 21. The predicted molar refractivity (Wildman–Crippen MR) is 157 cm³/mol. The van der Waals surface area contributed by atoms with Crippen molar-refractivity contribution in [2.75, 3.05) is 26.4 Å². The molecule has 51 heavy (non-hydrogen) atoms. The number of aliphatic hydroxyl groups excluding tert-OH is 12. The lowest BCUT2D eigenvalue weighted by Crippen LogP contribution is -2.70. The first-order valence-corrected chi connectivity index (χ1v) is 16.1. The zero-order valence-electron chi connectivity index (χ0n) is 27.4. The fourth-order valence-electron chi connectivity index (χ4n) is 6.35. The van der Waals surface area contributed by atoms with Crippen molar-refractivity contribution in [1.29, 1.82) is 0 Å². The van der Waals surface area contributed by atoms with E-state index >= 15 is 0 Å². The lowest BCUT2D eigenvalue weighted by atomic mass is 9.94. The van der Waals surface area contributed by atoms with E-state index in [1.165, 1.54) is 0 Å². The average molecular weight is 749 g/mol. The Morgan fingerprint density at radius 3 is 1.37 bits per heavy atom. The summed E-state index contributed by atoms with van der Waals surface area (Å²) in [6.45, 7) is -1.29. The first-order valence-electron chi connectivity index (χ1n) is 16.1. The van der Waals surface area contributed by atoms with E-state index < -0.39 is 161 Å². The highest BCUT2D eigenvalue weighted by Gasteiger charge is 2.56. The van der Waals surface area contributed by atoms with Gasteiger partial charge in [0.15, 0.2) is 25.2 Å². The first kappa shape index (κ1) is 41.9. The number of hydrogen-bond donors (Lipinski definition) is 14. The normalized spacial score (nSPS) is 47.8. The highest BCUT2D eigenvalue weighted by atomic mass is 16.8. The summed E-state index contributed by atoms with van der Waals surface area (Å²) in [5, 5.41) is 130. The third kappa shape index (κ3) is 9.11. The Morgan fingerprint density at radius 1 is 0.471 bits per heavy atom. The number of ether oxygens (including phenoxy) is 7. The number of nitrogens with one attached hydrogen (secondary N) is 2. The monoisotopic (exact) mass is 748 g/mol. The molecule has 296 valence electrons. The topological polar surface area (TPSA) is 366 Å². The summed E-state index contributed by atoms with van der Waals surface area (Å²) in [6, 6.07) is -3.05. The third-order valence-corrected chi connectivity index (χ3v) is 9.01. The van der Waals surface area contributed by atoms with Crippen molar-refractivity contribution < 1.29 is 104 Å². The predicted octanol–water partition coefficient (Wildman–Crippen LogP) is -9.46. The van der Waals surface area contributed by atoms with Crippen LogP contribution in [0.1, 0.15) is 13.8 Å². The zero-order chi connectivity index (χ0) is 37.9. The van der Waals surface area contributed by atoms with Crippen molar-refractivity contribution in [1.82, 2.24) is 10.6 Å². The number of amides is 2. The van der Waals surface area contributed by atoms with Gasteiger partial charge < -0.3 is 105 Å². The molecule has 23 heteroatoms. The molecule has 0 bridgehead atoms. The van der Waals surface area contributed by atoms with Gasteiger partial charge in [0, 0.05) is 13.8 Å². The van der Waals surface area contributed by atoms with Crippen LogP contribution in [0.15, 0.2) is 0 Å². The van der Waals surface area contributed by atoms with Crippen molar-refractivity contribution in [3.8, 4) is 0 Å². The molecule has 1 unspecified atom stereocenters. The molecule has 0 aromatic carbocycles. The van der Waals surface area contributed by atoms with Gasteiger partial charge in [0.2, 0.25) is 11.8 Å². The Kier molecular flexibility index (Phi) is 14.8. The maximum atomic E-state index is 12.3. The van der Waals surface area contributed by atoms with Gasteiger partial charge in [-0.1, -0.05) is 0 Å². The van der Waals surface area contributed by atoms with Crippen LogP contribution in [0.5, 0.6) is 0 Å². The van der Waals surface area contributed by atoms with Crippen molar-refractivity contribution in [2.24, 2.45) is 0 Å². The van der Waals surface area contributed by atoms with E-state index in [-0.39, 0.29) is 0 Å². The van der Waals surface area contributed by atoms with Gasteiger partial charge in [0.25, 0.3) is 0 Å². The van der Waals surface area contributed by atoms with Crippen molar-refractivity contribution in [3.05, 3.63) is 0 Å². The Bertz CT molecular complexity index is 1140. The second-order valence-electron chi connectivity index (χ2n) is 12.6. The molecule has 0 aliphatic carbocycles. The van der Waals surface area contributed by atoms with Gasteiger partial charge in [-0.15, -0.1) is 0 Å². The van der Waals surface area contributed by atoms with Crippen LogP contribution in [0.25, 0.3) is 0 Å². The fraction of sp³-hybridized carbons (Fsp3) is 0.929. The largest absolute Gasteiger partial charge is 0.394 e. The van der Waals surface area contributed by atoms with Gasteiger partial charge in [-0.3, -0.25) is 9.59 Å². The molecule has 4 saturated heterocycles. The first-order chi connectivity index (χ1) is 24.1. The van der Waals surface area contributed by atoms with Crippen LogP contribution in [-0.2, 0) is 42.7 Å². The van der Waals surface area contributed by atoms with Crippen molar-refractivity contribution in [3.63, 3.8) is 0 Å². The minimum Gasteiger partial charge on any atom is -0.394 e. The van der Waals surface area contributed by atoms with Crippen LogP contribution < -0.4 is 10.6 Å². The lowest BCUT2D eigenvalue weighted by molar-refractivity contribution is -0.374. The minimum absolute atomic E-state index is 0.681. The van der Waals surface area contributed by atoms with E-state index in [9.17, 15) is 70.9 Å². The van der Waals surface area contributed by atoms with Gasteiger partial charge in [-0.05, 0) is 0 Å². The molecule has 4 rings (SSSR count). The van der Waals surface area contributed by atoms with Gasteiger partial charge in [-0.2, -0.15) is 0 Å². The van der Waals surface area contributed by atoms with E-state index in [0.717, 1.165) is 13.8 Å². The van der Waals surface area contributed by atoms with E-state index in [0.29, 0.717) is 0 Å². The summed E-state index contributed by atoms with van der Waals surface area (Å²) in [5.41, 5.74) is 0. The number of carbonyl (C=O) groups is 2. The molecule has 4 aliphatic rings. The Morgan fingerprint density at radius 2 is 0.863 bits per heavy atom. The van der Waals surface area contributed by atoms with Crippen LogP contribution in [0.2, 0.25) is 0 Å². The molecule has 14 N–H and O–H groups in total. The molecule has 2 amide bonds. The molecule has 0 aromatic heterocycles. The highest BCUT2D eigenvalue weighted by Crippen LogP contribution is 2.34. The van der Waals surface area contributed by atoms with Gasteiger partial charge in [-0.25, -0.2) is 0 Å². The van der Waals surface area contributed by atoms with Crippen molar-refractivity contribution >= 4 is 11.8 Å². The highest BCUT2D eigenvalue weighted by molar-refractivity contribution is 5.73. The molecular weight excluding hydrogens is 700 g/mol. The summed E-state index contributed by atoms with van der Waals surface area (Å²) in [5.74, 6) is -1.44. The molecule has 0 saturated carbocycles. The van der Waals surface area contributed by atoms with E-state index in [4.69, 9.17) is 33.2 Å². The smallest absolute Gasteiger partial charge is 0.217 e. The van der Waals surface area contributed by atoms with Crippen LogP contribution in [0.3, 0.4) is 0 Å². The second-order valence-corrected chi connectivity index (χ2v) is 12.6. The van der Waals surface area contributed by atoms with E-state index in [1.807, 2.05) is 0 Å². The number of rotatable bonds is 12. The number of carbonyl (C=O) groups excluding carboxylic acids is 2. The van der Waals surface area contributed by atoms with E-state index in [2.05, 4.69) is 10.6 Å². The zero-order valence-corrected chi connectivity index (χ0v) is 27.4. The SMILES string of the molecule is CC(=O)N[C@H]1[C@H](O[C@H]2[C@H](O)[C@@H](O)[C@H](O[C@H]3[C@H](O)[C@@H](CO)OC(O)[C@@H]3NC(C)=O)O[C@@H]2CO)O[C@H](CO)[C@@H](O)[C@@H]1O[C@@H]1O[C@H](CO)[C@@H](O)[C@H](O)[C@H]1O. The van der Waals surface area contributed by atoms with Crippen molar-refractivity contribution in [2.45, 2.75) is 137 Å². The standard InChI is InChI=1S/C28H48N2O21/c1-7(35)29-13-23(16(38)10(4-32)45-25(13)44)50-28-21(43)19(41)22(12(6-34)48-28)49-26-14(30-8(2)36)24(17(39)11(5-33)46-26)51-27-20(42)18(40)15(37)9(3-31)47-27/h9-28,31-34,37-44H,3-6H2,1-2H3,(H,29,35)(H,30,36)/t9-,10-,11-,12-,13-,14-,15-,16-,17-,18+,19-,20-,21-,22-,23-,24-,25?,26+,27+,28+/m1/s1. The minimum atomic E-state index is -2.06. The lowest BCUT2D eigenvalue weighted by Gasteiger charge is -2.50. The van der Waals surface area contributed by atoms with Gasteiger partial charge in [0.05, 0.1) is 26.4 Å². The molecule has 0 spiro atoms.